The van der Waals surface area contributed by atoms with Crippen molar-refractivity contribution in [2.75, 3.05) is 18.9 Å². The number of fused-ring (bicyclic) bond motifs is 1. The molecule has 2 rings (SSSR count). The zero-order valence-corrected chi connectivity index (χ0v) is 9.95. The van der Waals surface area contributed by atoms with Crippen LogP contribution in [0.2, 0.25) is 5.15 Å². The van der Waals surface area contributed by atoms with E-state index in [1.165, 1.54) is 6.33 Å². The first-order chi connectivity index (χ1) is 8.72. The molecule has 0 unspecified atom stereocenters. The Hall–Kier alpha value is -2.09. The maximum Gasteiger partial charge on any atom is 0.223 e. The molecule has 0 fully saturated rings. The number of halogens is 1. The van der Waals surface area contributed by atoms with Crippen molar-refractivity contribution in [3.8, 4) is 0 Å². The zero-order valence-electron chi connectivity index (χ0n) is 9.19. The van der Waals surface area contributed by atoms with Gasteiger partial charge in [-0.25, -0.2) is 4.98 Å². The molecular formula is C8H9ClN8O. The Kier molecular flexibility index (Phi) is 3.78. The fourth-order valence-electron chi connectivity index (χ4n) is 1.33. The minimum Gasteiger partial charge on any atom is -0.368 e. The van der Waals surface area contributed by atoms with E-state index in [1.54, 1.807) is 4.57 Å². The first kappa shape index (κ1) is 12.4. The zero-order chi connectivity index (χ0) is 13.0. The molecular weight excluding hydrogens is 260 g/mol. The first-order valence-corrected chi connectivity index (χ1v) is 5.32. The van der Waals surface area contributed by atoms with Crippen molar-refractivity contribution in [2.24, 2.45) is 5.11 Å². The molecule has 0 saturated heterocycles. The second kappa shape index (κ2) is 5.50. The Bertz CT molecular complexity index is 604. The molecule has 2 aromatic heterocycles. The number of azide groups is 1. The van der Waals surface area contributed by atoms with E-state index >= 15 is 0 Å². The van der Waals surface area contributed by atoms with Gasteiger partial charge in [-0.15, -0.1) is 0 Å². The maximum atomic E-state index is 8.09. The monoisotopic (exact) mass is 268 g/mol. The minimum atomic E-state index is 0.0725. The summed E-state index contributed by atoms with van der Waals surface area (Å²) >= 11 is 5.88. The third kappa shape index (κ3) is 2.59. The topological polar surface area (TPSA) is 128 Å². The average Bonchev–Trinajstić information content (AvgIpc) is 2.72. The van der Waals surface area contributed by atoms with Crippen LogP contribution in [0.25, 0.3) is 21.6 Å². The van der Waals surface area contributed by atoms with Crippen molar-refractivity contribution in [1.29, 1.82) is 0 Å². The minimum absolute atomic E-state index is 0.0725. The molecule has 0 amide bonds. The summed E-state index contributed by atoms with van der Waals surface area (Å²) in [6.07, 6.45) is 1.53. The van der Waals surface area contributed by atoms with Gasteiger partial charge in [0.15, 0.2) is 10.8 Å². The fourth-order valence-corrected chi connectivity index (χ4v) is 1.55. The number of rotatable bonds is 5. The third-order valence-corrected chi connectivity index (χ3v) is 2.33. The highest BCUT2D eigenvalue weighted by Crippen LogP contribution is 2.19. The van der Waals surface area contributed by atoms with Crippen LogP contribution in [0, 0.1) is 0 Å². The summed E-state index contributed by atoms with van der Waals surface area (Å²) < 4.78 is 6.92. The molecule has 10 heteroatoms. The lowest BCUT2D eigenvalue weighted by Crippen LogP contribution is -2.06. The number of ether oxygens (including phenoxy) is 1. The number of hydrogen-bond acceptors (Lipinski definition) is 6. The molecule has 0 aliphatic carbocycles. The van der Waals surface area contributed by atoms with E-state index in [0.717, 1.165) is 0 Å². The van der Waals surface area contributed by atoms with Gasteiger partial charge in [0.2, 0.25) is 5.95 Å². The molecule has 0 aliphatic heterocycles. The van der Waals surface area contributed by atoms with Crippen molar-refractivity contribution >= 4 is 28.7 Å². The summed E-state index contributed by atoms with van der Waals surface area (Å²) in [6.45, 7) is 0.781. The molecule has 0 atom stereocenters. The van der Waals surface area contributed by atoms with Crippen LogP contribution < -0.4 is 5.73 Å². The van der Waals surface area contributed by atoms with Gasteiger partial charge in [-0.1, -0.05) is 16.7 Å². The molecule has 0 aromatic carbocycles. The summed E-state index contributed by atoms with van der Waals surface area (Å²) in [4.78, 5) is 14.5. The molecule has 0 aliphatic rings. The number of nitrogens with zero attached hydrogens (tertiary/aromatic N) is 7. The van der Waals surface area contributed by atoms with Crippen LogP contribution in [0.15, 0.2) is 11.4 Å². The SMILES string of the molecule is [N-]=[N+]=NCCOCn1cnc2c(Cl)nc(N)nc21. The summed E-state index contributed by atoms with van der Waals surface area (Å²) in [5, 5.41) is 3.54. The molecule has 2 N–H and O–H groups in total. The van der Waals surface area contributed by atoms with E-state index < -0.39 is 0 Å². The van der Waals surface area contributed by atoms with E-state index in [4.69, 9.17) is 27.6 Å². The lowest BCUT2D eigenvalue weighted by Gasteiger charge is -2.04. The van der Waals surface area contributed by atoms with Crippen molar-refractivity contribution in [1.82, 2.24) is 19.5 Å². The van der Waals surface area contributed by atoms with Crippen LogP contribution in [-0.4, -0.2) is 32.7 Å². The average molecular weight is 269 g/mol. The molecule has 0 saturated carbocycles. The Morgan fingerprint density at radius 3 is 3.17 bits per heavy atom. The summed E-state index contributed by atoms with van der Waals surface area (Å²) in [5.41, 5.74) is 14.6. The number of nitrogens with two attached hydrogens (primary N) is 1. The van der Waals surface area contributed by atoms with Crippen molar-refractivity contribution < 1.29 is 4.74 Å². The summed E-state index contributed by atoms with van der Waals surface area (Å²) in [5.74, 6) is 0.0725. The Balaban J connectivity index is 2.11. The molecule has 18 heavy (non-hydrogen) atoms. The fraction of sp³-hybridized carbons (Fsp3) is 0.375. The van der Waals surface area contributed by atoms with Gasteiger partial charge in [0.1, 0.15) is 12.2 Å². The van der Waals surface area contributed by atoms with Crippen molar-refractivity contribution in [3.05, 3.63) is 21.9 Å². The second-order valence-corrected chi connectivity index (χ2v) is 3.61. The number of imidazole rings is 1. The van der Waals surface area contributed by atoms with Crippen molar-refractivity contribution in [2.45, 2.75) is 6.73 Å². The molecule has 2 aromatic rings. The third-order valence-electron chi connectivity index (χ3n) is 2.07. The van der Waals surface area contributed by atoms with Gasteiger partial charge in [-0.3, -0.25) is 4.57 Å². The molecule has 94 valence electrons. The predicted molar refractivity (Wildman–Crippen MR) is 64.7 cm³/mol. The quantitative estimate of drug-likeness (QED) is 0.288. The van der Waals surface area contributed by atoms with Crippen molar-refractivity contribution in [3.63, 3.8) is 0 Å². The lowest BCUT2D eigenvalue weighted by atomic mass is 10.5. The standard InChI is InChI=1S/C8H9ClN8O/c9-6-5-7(15-8(10)14-6)17(3-12-5)4-18-2-1-13-16-11/h3H,1-2,4H2,(H2,10,14,15). The Morgan fingerprint density at radius 1 is 1.56 bits per heavy atom. The largest absolute Gasteiger partial charge is 0.368 e. The second-order valence-electron chi connectivity index (χ2n) is 3.25. The Labute approximate surface area is 106 Å². The van der Waals surface area contributed by atoms with E-state index in [1.807, 2.05) is 0 Å². The molecule has 0 spiro atoms. The van der Waals surface area contributed by atoms with Gasteiger partial charge in [0.25, 0.3) is 0 Å². The van der Waals surface area contributed by atoms with Gasteiger partial charge in [-0.05, 0) is 5.53 Å². The Morgan fingerprint density at radius 2 is 2.39 bits per heavy atom. The summed E-state index contributed by atoms with van der Waals surface area (Å²) in [6, 6.07) is 0. The van der Waals surface area contributed by atoms with E-state index in [0.29, 0.717) is 17.8 Å². The van der Waals surface area contributed by atoms with Gasteiger partial charge >= 0.3 is 0 Å². The van der Waals surface area contributed by atoms with Gasteiger partial charge in [-0.2, -0.15) is 9.97 Å². The van der Waals surface area contributed by atoms with Crippen LogP contribution >= 0.6 is 11.6 Å². The summed E-state index contributed by atoms with van der Waals surface area (Å²) in [7, 11) is 0. The van der Waals surface area contributed by atoms with Crippen LogP contribution in [-0.2, 0) is 11.5 Å². The highest BCUT2D eigenvalue weighted by Gasteiger charge is 2.10. The number of anilines is 1. The highest BCUT2D eigenvalue weighted by molar-refractivity contribution is 6.33. The van der Waals surface area contributed by atoms with Crippen LogP contribution in [0.3, 0.4) is 0 Å². The van der Waals surface area contributed by atoms with E-state index in [-0.39, 0.29) is 24.4 Å². The normalized spacial score (nSPS) is 10.5. The highest BCUT2D eigenvalue weighted by atomic mass is 35.5. The van der Waals surface area contributed by atoms with Gasteiger partial charge in [0, 0.05) is 11.5 Å². The van der Waals surface area contributed by atoms with E-state index in [9.17, 15) is 0 Å². The number of hydrogen-bond donors (Lipinski definition) is 1. The predicted octanol–water partition coefficient (Wildman–Crippen LogP) is 1.35. The maximum absolute atomic E-state index is 8.09. The van der Waals surface area contributed by atoms with Crippen LogP contribution in [0.4, 0.5) is 5.95 Å². The van der Waals surface area contributed by atoms with Crippen LogP contribution in [0.5, 0.6) is 0 Å². The molecule has 9 nitrogen and oxygen atoms in total. The van der Waals surface area contributed by atoms with Gasteiger partial charge < -0.3 is 10.5 Å². The molecule has 0 bridgehead atoms. The first-order valence-electron chi connectivity index (χ1n) is 4.95. The van der Waals surface area contributed by atoms with Crippen LogP contribution in [0.1, 0.15) is 0 Å². The lowest BCUT2D eigenvalue weighted by molar-refractivity contribution is 0.0854. The molecule has 0 radical (unpaired) electrons. The smallest absolute Gasteiger partial charge is 0.223 e. The number of aromatic nitrogens is 4. The van der Waals surface area contributed by atoms with E-state index in [2.05, 4.69) is 25.0 Å². The number of nitrogen functional groups attached to an aromatic ring is 1. The van der Waals surface area contributed by atoms with Gasteiger partial charge in [0.05, 0.1) is 12.9 Å². The molecule has 2 heterocycles.